The Morgan fingerprint density at radius 2 is 1.76 bits per heavy atom. The third kappa shape index (κ3) is 5.48. The lowest BCUT2D eigenvalue weighted by molar-refractivity contribution is -0.140. The zero-order chi connectivity index (χ0) is 23.9. The standard InChI is InChI=1S/C25H27N3O6/c1-32-21-8-3-2-7-20(21)26-23(29)17-28(16-19-6-4-14-33-19)24(30)18-10-12-27(13-11-18)25(31)22-9-5-15-34-22/h2-9,14-15,18H,10-13,16-17H2,1H3,(H,26,29). The van der Waals surface area contributed by atoms with E-state index in [-0.39, 0.29) is 42.5 Å². The van der Waals surface area contributed by atoms with Crippen molar-refractivity contribution in [2.45, 2.75) is 19.4 Å². The molecule has 0 aliphatic carbocycles. The number of hydrogen-bond acceptors (Lipinski definition) is 6. The fourth-order valence-electron chi connectivity index (χ4n) is 4.06. The molecule has 0 unspecified atom stereocenters. The van der Waals surface area contributed by atoms with E-state index in [1.54, 1.807) is 47.4 Å². The summed E-state index contributed by atoms with van der Waals surface area (Å²) in [5, 5.41) is 2.82. The molecule has 1 aromatic carbocycles. The number of rotatable bonds is 8. The first kappa shape index (κ1) is 23.2. The molecule has 1 saturated heterocycles. The van der Waals surface area contributed by atoms with E-state index in [4.69, 9.17) is 13.6 Å². The normalized spacial score (nSPS) is 14.0. The predicted molar refractivity (Wildman–Crippen MR) is 123 cm³/mol. The van der Waals surface area contributed by atoms with Crippen LogP contribution < -0.4 is 10.1 Å². The van der Waals surface area contributed by atoms with Gasteiger partial charge in [0.25, 0.3) is 5.91 Å². The van der Waals surface area contributed by atoms with Crippen molar-refractivity contribution >= 4 is 23.4 Å². The van der Waals surface area contributed by atoms with Crippen molar-refractivity contribution in [2.75, 3.05) is 32.1 Å². The summed E-state index contributed by atoms with van der Waals surface area (Å²) in [5.74, 6) is 0.454. The molecule has 1 aliphatic heterocycles. The highest BCUT2D eigenvalue weighted by atomic mass is 16.5. The van der Waals surface area contributed by atoms with Gasteiger partial charge in [0, 0.05) is 19.0 Å². The van der Waals surface area contributed by atoms with Gasteiger partial charge in [-0.3, -0.25) is 14.4 Å². The van der Waals surface area contributed by atoms with Crippen LogP contribution in [0.5, 0.6) is 5.75 Å². The Morgan fingerprint density at radius 3 is 2.44 bits per heavy atom. The molecule has 2 aromatic heterocycles. The number of carbonyl (C=O) groups is 3. The number of anilines is 1. The minimum atomic E-state index is -0.338. The van der Waals surface area contributed by atoms with E-state index in [9.17, 15) is 14.4 Å². The summed E-state index contributed by atoms with van der Waals surface area (Å²) in [6.07, 6.45) is 4.01. The number of piperidine rings is 1. The van der Waals surface area contributed by atoms with Crippen LogP contribution in [0.3, 0.4) is 0 Å². The second-order valence-corrected chi connectivity index (χ2v) is 8.07. The van der Waals surface area contributed by atoms with Gasteiger partial charge in [0.2, 0.25) is 11.8 Å². The topological polar surface area (TPSA) is 105 Å². The van der Waals surface area contributed by atoms with Crippen LogP contribution in [0.1, 0.15) is 29.2 Å². The zero-order valence-electron chi connectivity index (χ0n) is 18.9. The predicted octanol–water partition coefficient (Wildman–Crippen LogP) is 3.40. The van der Waals surface area contributed by atoms with E-state index in [1.165, 1.54) is 24.5 Å². The number of nitrogens with zero attached hydrogens (tertiary/aromatic N) is 2. The fraction of sp³-hybridized carbons (Fsp3) is 0.320. The van der Waals surface area contributed by atoms with Crippen LogP contribution in [0.2, 0.25) is 0 Å². The van der Waals surface area contributed by atoms with Gasteiger partial charge in [0.1, 0.15) is 18.1 Å². The van der Waals surface area contributed by atoms with Crippen molar-refractivity contribution in [3.63, 3.8) is 0 Å². The van der Waals surface area contributed by atoms with E-state index in [1.807, 2.05) is 6.07 Å². The molecule has 3 heterocycles. The molecular formula is C25H27N3O6. The molecule has 3 aromatic rings. The van der Waals surface area contributed by atoms with Crippen LogP contribution >= 0.6 is 0 Å². The second-order valence-electron chi connectivity index (χ2n) is 8.07. The number of nitrogens with one attached hydrogen (secondary N) is 1. The number of hydrogen-bond donors (Lipinski definition) is 1. The lowest BCUT2D eigenvalue weighted by atomic mass is 9.95. The highest BCUT2D eigenvalue weighted by Gasteiger charge is 2.32. The van der Waals surface area contributed by atoms with E-state index in [0.29, 0.717) is 43.1 Å². The number of para-hydroxylation sites is 2. The molecule has 1 N–H and O–H groups in total. The van der Waals surface area contributed by atoms with Crippen LogP contribution in [-0.4, -0.2) is 54.3 Å². The Hall–Kier alpha value is -4.01. The van der Waals surface area contributed by atoms with Gasteiger partial charge in [-0.25, -0.2) is 0 Å². The monoisotopic (exact) mass is 465 g/mol. The molecule has 9 nitrogen and oxygen atoms in total. The van der Waals surface area contributed by atoms with Crippen molar-refractivity contribution in [3.05, 3.63) is 72.6 Å². The van der Waals surface area contributed by atoms with Gasteiger partial charge in [-0.1, -0.05) is 12.1 Å². The minimum Gasteiger partial charge on any atom is -0.495 e. The second kappa shape index (κ2) is 10.7. The zero-order valence-corrected chi connectivity index (χ0v) is 18.9. The van der Waals surface area contributed by atoms with Gasteiger partial charge < -0.3 is 28.7 Å². The van der Waals surface area contributed by atoms with Crippen molar-refractivity contribution in [2.24, 2.45) is 5.92 Å². The van der Waals surface area contributed by atoms with Gasteiger partial charge in [-0.15, -0.1) is 0 Å². The molecule has 0 radical (unpaired) electrons. The summed E-state index contributed by atoms with van der Waals surface area (Å²) >= 11 is 0. The van der Waals surface area contributed by atoms with Gasteiger partial charge in [0.05, 0.1) is 31.9 Å². The van der Waals surface area contributed by atoms with Gasteiger partial charge in [-0.2, -0.15) is 0 Å². The Bertz CT molecular complexity index is 1100. The molecule has 3 amide bonds. The van der Waals surface area contributed by atoms with Crippen LogP contribution in [0.4, 0.5) is 5.69 Å². The van der Waals surface area contributed by atoms with E-state index in [2.05, 4.69) is 5.32 Å². The van der Waals surface area contributed by atoms with Gasteiger partial charge >= 0.3 is 0 Å². The lowest BCUT2D eigenvalue weighted by Crippen LogP contribution is -2.46. The summed E-state index contributed by atoms with van der Waals surface area (Å²) < 4.78 is 15.9. The average Bonchev–Trinajstić information content (AvgIpc) is 3.58. The van der Waals surface area contributed by atoms with Gasteiger partial charge in [0.15, 0.2) is 5.76 Å². The molecule has 1 aliphatic rings. The maximum absolute atomic E-state index is 13.4. The van der Waals surface area contributed by atoms with E-state index < -0.39 is 0 Å². The number of furan rings is 2. The van der Waals surface area contributed by atoms with E-state index in [0.717, 1.165) is 0 Å². The van der Waals surface area contributed by atoms with Crippen LogP contribution in [0.25, 0.3) is 0 Å². The van der Waals surface area contributed by atoms with Crippen molar-refractivity contribution < 1.29 is 28.0 Å². The highest BCUT2D eigenvalue weighted by molar-refractivity contribution is 5.96. The molecule has 0 atom stereocenters. The number of amides is 3. The number of methoxy groups -OCH3 is 1. The number of likely N-dealkylation sites (tertiary alicyclic amines) is 1. The first-order valence-corrected chi connectivity index (χ1v) is 11.1. The number of carbonyl (C=O) groups excluding carboxylic acids is 3. The van der Waals surface area contributed by atoms with Crippen molar-refractivity contribution in [1.82, 2.24) is 9.80 Å². The molecule has 0 bridgehead atoms. The summed E-state index contributed by atoms with van der Waals surface area (Å²) in [6.45, 7) is 0.926. The molecule has 178 valence electrons. The quantitative estimate of drug-likeness (QED) is 0.547. The molecule has 1 fully saturated rings. The smallest absolute Gasteiger partial charge is 0.289 e. The Morgan fingerprint density at radius 1 is 1.03 bits per heavy atom. The van der Waals surface area contributed by atoms with Crippen LogP contribution in [-0.2, 0) is 16.1 Å². The molecule has 9 heteroatoms. The highest BCUT2D eigenvalue weighted by Crippen LogP contribution is 2.25. The third-order valence-electron chi connectivity index (χ3n) is 5.82. The number of ether oxygens (including phenoxy) is 1. The molecular weight excluding hydrogens is 438 g/mol. The summed E-state index contributed by atoms with van der Waals surface area (Å²) in [5.41, 5.74) is 0.533. The Kier molecular flexibility index (Phi) is 7.31. The molecule has 0 saturated carbocycles. The minimum absolute atomic E-state index is 0.136. The van der Waals surface area contributed by atoms with Gasteiger partial charge in [-0.05, 0) is 49.2 Å². The average molecular weight is 466 g/mol. The summed E-state index contributed by atoms with van der Waals surface area (Å²) in [7, 11) is 1.53. The largest absolute Gasteiger partial charge is 0.495 e. The lowest BCUT2D eigenvalue weighted by Gasteiger charge is -2.33. The maximum Gasteiger partial charge on any atom is 0.289 e. The van der Waals surface area contributed by atoms with Crippen molar-refractivity contribution in [3.8, 4) is 5.75 Å². The van der Waals surface area contributed by atoms with Crippen LogP contribution in [0.15, 0.2) is 69.9 Å². The first-order chi connectivity index (χ1) is 16.5. The van der Waals surface area contributed by atoms with E-state index >= 15 is 0 Å². The molecule has 34 heavy (non-hydrogen) atoms. The molecule has 4 rings (SSSR count). The maximum atomic E-state index is 13.4. The third-order valence-corrected chi connectivity index (χ3v) is 5.82. The Labute approximate surface area is 197 Å². The summed E-state index contributed by atoms with van der Waals surface area (Å²) in [4.78, 5) is 41.9. The van der Waals surface area contributed by atoms with Crippen LogP contribution in [0, 0.1) is 5.92 Å². The Balaban J connectivity index is 1.40. The SMILES string of the molecule is COc1ccccc1NC(=O)CN(Cc1ccco1)C(=O)C1CCN(C(=O)c2ccco2)CC1. The summed E-state index contributed by atoms with van der Waals surface area (Å²) in [6, 6.07) is 13.9. The van der Waals surface area contributed by atoms with Crippen molar-refractivity contribution in [1.29, 1.82) is 0 Å². The first-order valence-electron chi connectivity index (χ1n) is 11.1. The number of benzene rings is 1. The molecule has 0 spiro atoms. The fourth-order valence-corrected chi connectivity index (χ4v) is 4.06.